The minimum absolute atomic E-state index is 0.104. The summed E-state index contributed by atoms with van der Waals surface area (Å²) in [6.07, 6.45) is 7.98. The fourth-order valence-electron chi connectivity index (χ4n) is 5.48. The van der Waals surface area contributed by atoms with Gasteiger partial charge >= 0.3 is 0 Å². The lowest BCUT2D eigenvalue weighted by Gasteiger charge is -2.38. The van der Waals surface area contributed by atoms with Crippen LogP contribution in [-0.2, 0) is 9.53 Å². The molecule has 1 aromatic carbocycles. The second-order valence-corrected chi connectivity index (χ2v) is 10.7. The van der Waals surface area contributed by atoms with Gasteiger partial charge in [-0.05, 0) is 56.5 Å². The number of hydrogen-bond acceptors (Lipinski definition) is 6. The van der Waals surface area contributed by atoms with Gasteiger partial charge in [0, 0.05) is 26.2 Å². The Morgan fingerprint density at radius 3 is 2.46 bits per heavy atom. The fourth-order valence-corrected chi connectivity index (χ4v) is 5.48. The van der Waals surface area contributed by atoms with E-state index in [1.165, 1.54) is 19.3 Å². The van der Waals surface area contributed by atoms with E-state index in [-0.39, 0.29) is 5.91 Å². The number of nitriles is 1. The normalized spacial score (nSPS) is 22.1. The molecule has 2 saturated heterocycles. The molecule has 0 spiro atoms. The van der Waals surface area contributed by atoms with Crippen LogP contribution >= 0.6 is 0 Å². The smallest absolute Gasteiger partial charge is 0.243 e. The van der Waals surface area contributed by atoms with E-state index in [0.29, 0.717) is 51.0 Å². The van der Waals surface area contributed by atoms with Gasteiger partial charge in [-0.2, -0.15) is 5.26 Å². The first-order chi connectivity index (χ1) is 18.0. The molecule has 0 bridgehead atoms. The molecule has 3 aliphatic rings. The fraction of sp³-hybridized carbons (Fsp3) is 0.679. The Hall–Kier alpha value is -2.83. The third kappa shape index (κ3) is 7.59. The highest BCUT2D eigenvalue weighted by atomic mass is 16.5. The van der Waals surface area contributed by atoms with E-state index >= 15 is 0 Å². The zero-order valence-electron chi connectivity index (χ0n) is 22.4. The molecule has 1 atom stereocenters. The van der Waals surface area contributed by atoms with Crippen LogP contribution < -0.4 is 15.4 Å². The van der Waals surface area contributed by atoms with E-state index in [1.54, 1.807) is 7.11 Å². The Balaban J connectivity index is 1.58. The van der Waals surface area contributed by atoms with Crippen molar-refractivity contribution in [3.63, 3.8) is 0 Å². The molecule has 4 rings (SSSR count). The van der Waals surface area contributed by atoms with E-state index < -0.39 is 11.6 Å². The number of benzene rings is 1. The van der Waals surface area contributed by atoms with Crippen LogP contribution in [0.15, 0.2) is 29.3 Å². The van der Waals surface area contributed by atoms with Crippen molar-refractivity contribution in [3.05, 3.63) is 24.3 Å². The minimum atomic E-state index is -0.817. The summed E-state index contributed by atoms with van der Waals surface area (Å²) in [7, 11) is 3.70. The number of hydrogen-bond donors (Lipinski definition) is 2. The van der Waals surface area contributed by atoms with E-state index in [0.717, 1.165) is 43.8 Å². The predicted octanol–water partition coefficient (Wildman–Crippen LogP) is 3.05. The summed E-state index contributed by atoms with van der Waals surface area (Å²) in [5.41, 5.74) is -0.0297. The molecule has 2 aliphatic heterocycles. The summed E-state index contributed by atoms with van der Waals surface area (Å²) in [5, 5.41) is 16.8. The number of guanidine groups is 1. The zero-order chi connectivity index (χ0) is 26.1. The van der Waals surface area contributed by atoms with Crippen LogP contribution in [0.2, 0.25) is 0 Å². The van der Waals surface area contributed by atoms with Gasteiger partial charge in [-0.15, -0.1) is 0 Å². The van der Waals surface area contributed by atoms with Gasteiger partial charge < -0.3 is 29.9 Å². The number of nitrogens with one attached hydrogen (secondary N) is 2. The van der Waals surface area contributed by atoms with Crippen LogP contribution in [-0.4, -0.2) is 86.8 Å². The van der Waals surface area contributed by atoms with Crippen molar-refractivity contribution in [1.82, 2.24) is 20.4 Å². The number of aliphatic imine (C=N–C) groups is 1. The number of piperidine rings is 1. The molecule has 1 saturated carbocycles. The predicted molar refractivity (Wildman–Crippen MR) is 144 cm³/mol. The monoisotopic (exact) mass is 510 g/mol. The number of carbonyl (C=O) groups excluding carboxylic acids is 1. The number of carbonyl (C=O) groups is 1. The van der Waals surface area contributed by atoms with Crippen LogP contribution in [0.5, 0.6) is 5.75 Å². The lowest BCUT2D eigenvalue weighted by Crippen LogP contribution is -2.60. The number of likely N-dealkylation sites (tertiary alicyclic amines) is 1. The molecule has 202 valence electrons. The number of rotatable bonds is 7. The van der Waals surface area contributed by atoms with E-state index in [9.17, 15) is 10.1 Å². The van der Waals surface area contributed by atoms with Gasteiger partial charge in [0.2, 0.25) is 5.91 Å². The highest BCUT2D eigenvalue weighted by Crippen LogP contribution is 2.28. The second kappa shape index (κ2) is 13.1. The van der Waals surface area contributed by atoms with Crippen molar-refractivity contribution in [2.75, 3.05) is 53.6 Å². The average molecular weight is 511 g/mol. The van der Waals surface area contributed by atoms with Gasteiger partial charge in [-0.25, -0.2) is 4.99 Å². The number of nitrogens with zero attached hydrogens (tertiary/aromatic N) is 4. The summed E-state index contributed by atoms with van der Waals surface area (Å²) < 4.78 is 10.9. The highest BCUT2D eigenvalue weighted by Gasteiger charge is 2.38. The third-order valence-corrected chi connectivity index (χ3v) is 7.95. The van der Waals surface area contributed by atoms with Crippen molar-refractivity contribution < 1.29 is 14.3 Å². The first-order valence-electron chi connectivity index (χ1n) is 13.7. The summed E-state index contributed by atoms with van der Waals surface area (Å²) >= 11 is 0. The molecule has 2 heterocycles. The quantitative estimate of drug-likeness (QED) is 0.429. The maximum atomic E-state index is 13.8. The van der Waals surface area contributed by atoms with Crippen molar-refractivity contribution in [2.45, 2.75) is 62.9 Å². The van der Waals surface area contributed by atoms with Crippen LogP contribution in [0.25, 0.3) is 0 Å². The van der Waals surface area contributed by atoms with E-state index in [4.69, 9.17) is 14.5 Å². The summed E-state index contributed by atoms with van der Waals surface area (Å²) in [4.78, 5) is 23.1. The lowest BCUT2D eigenvalue weighted by atomic mass is 9.84. The summed E-state index contributed by atoms with van der Waals surface area (Å²) in [6.45, 7) is 4.24. The van der Waals surface area contributed by atoms with Crippen molar-refractivity contribution >= 4 is 17.6 Å². The first kappa shape index (κ1) is 27.2. The molecular weight excluding hydrogens is 468 g/mol. The van der Waals surface area contributed by atoms with Crippen molar-refractivity contribution in [1.29, 1.82) is 5.26 Å². The number of ether oxygens (including phenoxy) is 2. The van der Waals surface area contributed by atoms with Crippen LogP contribution in [0.3, 0.4) is 0 Å². The van der Waals surface area contributed by atoms with Crippen molar-refractivity contribution in [2.24, 2.45) is 10.9 Å². The van der Waals surface area contributed by atoms with Gasteiger partial charge in [0.25, 0.3) is 0 Å². The van der Waals surface area contributed by atoms with Gasteiger partial charge in [0.1, 0.15) is 17.3 Å². The average Bonchev–Trinajstić information content (AvgIpc) is 2.95. The van der Waals surface area contributed by atoms with Gasteiger partial charge in [0.05, 0.1) is 32.1 Å². The molecule has 9 nitrogen and oxygen atoms in total. The standard InChI is InChI=1S/C28H42N6O3/c1-33-14-12-28(21-29,13-15-33)32-26(35)25(20-22-6-4-3-5-7-22)31-27(34-16-18-37-19-17-34)30-23-8-10-24(36-2)11-9-23/h8-11,22,25H,3-7,12-20H2,1-2H3,(H,30,31)(H,32,35). The third-order valence-electron chi connectivity index (χ3n) is 7.95. The summed E-state index contributed by atoms with van der Waals surface area (Å²) in [6, 6.07) is 9.58. The lowest BCUT2D eigenvalue weighted by molar-refractivity contribution is -0.125. The topological polar surface area (TPSA) is 102 Å². The Morgan fingerprint density at radius 1 is 1.16 bits per heavy atom. The zero-order valence-corrected chi connectivity index (χ0v) is 22.4. The molecule has 1 amide bonds. The van der Waals surface area contributed by atoms with Crippen LogP contribution in [0.1, 0.15) is 51.4 Å². The molecule has 0 radical (unpaired) electrons. The van der Waals surface area contributed by atoms with E-state index in [1.807, 2.05) is 24.3 Å². The SMILES string of the molecule is COc1ccc(/N=C(\NC(CC2CCCCC2)C(=O)NC2(C#N)CCN(C)CC2)N2CCOCC2)cc1. The molecule has 2 N–H and O–H groups in total. The van der Waals surface area contributed by atoms with E-state index in [2.05, 4.69) is 33.6 Å². The Morgan fingerprint density at radius 2 is 1.84 bits per heavy atom. The molecule has 1 unspecified atom stereocenters. The molecule has 0 aromatic heterocycles. The minimum Gasteiger partial charge on any atom is -0.497 e. The van der Waals surface area contributed by atoms with Crippen LogP contribution in [0.4, 0.5) is 5.69 Å². The van der Waals surface area contributed by atoms with Gasteiger partial charge in [0.15, 0.2) is 5.96 Å². The first-order valence-corrected chi connectivity index (χ1v) is 13.7. The molecule has 1 aromatic rings. The summed E-state index contributed by atoms with van der Waals surface area (Å²) in [5.74, 6) is 1.83. The molecule has 37 heavy (non-hydrogen) atoms. The molecule has 9 heteroatoms. The van der Waals surface area contributed by atoms with Crippen molar-refractivity contribution in [3.8, 4) is 11.8 Å². The Labute approximate surface area is 221 Å². The Bertz CT molecular complexity index is 940. The molecule has 1 aliphatic carbocycles. The highest BCUT2D eigenvalue weighted by molar-refractivity contribution is 5.90. The molecule has 3 fully saturated rings. The largest absolute Gasteiger partial charge is 0.497 e. The second-order valence-electron chi connectivity index (χ2n) is 10.7. The van der Waals surface area contributed by atoms with Gasteiger partial charge in [-0.3, -0.25) is 4.79 Å². The number of morpholine rings is 1. The Kier molecular flexibility index (Phi) is 9.64. The maximum absolute atomic E-state index is 13.8. The van der Waals surface area contributed by atoms with Gasteiger partial charge in [-0.1, -0.05) is 32.1 Å². The molecular formula is C28H42N6O3. The van der Waals surface area contributed by atoms with Crippen LogP contribution in [0, 0.1) is 17.2 Å². The number of amides is 1. The number of methoxy groups -OCH3 is 1. The maximum Gasteiger partial charge on any atom is 0.243 e.